The van der Waals surface area contributed by atoms with E-state index in [1.54, 1.807) is 34.8 Å². The number of rotatable bonds is 12. The van der Waals surface area contributed by atoms with Crippen molar-refractivity contribution < 1.29 is 38.4 Å². The van der Waals surface area contributed by atoms with E-state index in [2.05, 4.69) is 29.1 Å². The van der Waals surface area contributed by atoms with Gasteiger partial charge in [0.05, 0.1) is 34.7 Å². The second-order valence-corrected chi connectivity index (χ2v) is 19.0. The third kappa shape index (κ3) is 10.4. The Balaban J connectivity index is 1.20. The average Bonchev–Trinajstić information content (AvgIpc) is 3.95. The number of Topliss-reactive ketones (excluding diaryl/α,β-unsaturated/α-hetero) is 1. The summed E-state index contributed by atoms with van der Waals surface area (Å²) >= 11 is 1.58. The molecule has 2 aromatic heterocycles. The number of unbranched alkanes of at least 4 members (excludes halogenated alkanes) is 1. The maximum Gasteiger partial charge on any atom is 0.410 e. The lowest BCUT2D eigenvalue weighted by Gasteiger charge is -2.44. The van der Waals surface area contributed by atoms with E-state index in [-0.39, 0.29) is 35.8 Å². The number of ether oxygens (including phenoxy) is 4. The zero-order valence-electron chi connectivity index (χ0n) is 37.4. The largest absolute Gasteiger partial charge is 0.458 e. The van der Waals surface area contributed by atoms with Crippen LogP contribution in [0.3, 0.4) is 0 Å². The standard InChI is InChI=1S/C45H67N7O8S/c1-11-17-31-22-26(3)24-46-30(7)40-45(8,60-44(56)52(40)21-16-15-20-51-25-33(48-49-51)41-47-32-18-13-14-19-35(32)61-41)36(12-2)58-42(55)29(6)37(53)28(5)39(31)59-43-38(54)34(50(9)10)23-27(4)57-43/h11,13-14,18-19,25-31,34,36,38-40,43,46,54H,1,12,15-17,20-24H2,2-10H3/t26-,27-,28+,29-,30-,31+,34?,36-,38?,39-,40-,43+,45-/m1/s1. The molecule has 6 rings (SSSR count). The van der Waals surface area contributed by atoms with Gasteiger partial charge < -0.3 is 34.3 Å². The van der Waals surface area contributed by atoms with E-state index in [1.165, 1.54) is 0 Å². The van der Waals surface area contributed by atoms with E-state index in [4.69, 9.17) is 23.9 Å². The Morgan fingerprint density at radius 1 is 1.10 bits per heavy atom. The molecule has 15 nitrogen and oxygen atoms in total. The maximum absolute atomic E-state index is 14.4. The number of esters is 1. The zero-order chi connectivity index (χ0) is 44.2. The van der Waals surface area contributed by atoms with Crippen LogP contribution in [0.1, 0.15) is 87.0 Å². The summed E-state index contributed by atoms with van der Waals surface area (Å²) in [4.78, 5) is 50.7. The normalized spacial score (nSPS) is 34.5. The Kier molecular flexibility index (Phi) is 15.4. The number of nitrogens with zero attached hydrogens (tertiary/aromatic N) is 6. The molecule has 0 radical (unpaired) electrons. The monoisotopic (exact) mass is 865 g/mol. The quantitative estimate of drug-likeness (QED) is 0.0928. The highest BCUT2D eigenvalue weighted by molar-refractivity contribution is 7.21. The molecule has 3 fully saturated rings. The number of amides is 1. The molecule has 3 saturated heterocycles. The summed E-state index contributed by atoms with van der Waals surface area (Å²) in [5, 5.41) is 24.7. The van der Waals surface area contributed by atoms with Crippen molar-refractivity contribution in [3.8, 4) is 10.7 Å². The highest BCUT2D eigenvalue weighted by Gasteiger charge is 2.58. The van der Waals surface area contributed by atoms with Crippen molar-refractivity contribution in [2.75, 3.05) is 27.2 Å². The molecular weight excluding hydrogens is 799 g/mol. The fourth-order valence-electron chi connectivity index (χ4n) is 9.67. The number of aryl methyl sites for hydroxylation is 1. The van der Waals surface area contributed by atoms with Crippen LogP contribution in [0.25, 0.3) is 20.9 Å². The lowest BCUT2D eigenvalue weighted by Crippen LogP contribution is -2.60. The number of aliphatic hydroxyl groups is 1. The highest BCUT2D eigenvalue weighted by atomic mass is 32.1. The fraction of sp³-hybridized carbons (Fsp3) is 0.689. The van der Waals surface area contributed by atoms with Crippen molar-refractivity contribution in [3.05, 3.63) is 43.1 Å². The predicted octanol–water partition coefficient (Wildman–Crippen LogP) is 6.10. The number of cyclic esters (lactones) is 1. The Morgan fingerprint density at radius 2 is 1.84 bits per heavy atom. The molecular formula is C45H67N7O8S. The predicted molar refractivity (Wildman–Crippen MR) is 234 cm³/mol. The Morgan fingerprint density at radius 3 is 2.54 bits per heavy atom. The first-order chi connectivity index (χ1) is 29.1. The molecule has 61 heavy (non-hydrogen) atoms. The Labute approximate surface area is 364 Å². The first-order valence-electron chi connectivity index (χ1n) is 22.1. The molecule has 0 aliphatic carbocycles. The summed E-state index contributed by atoms with van der Waals surface area (Å²) in [6, 6.07) is 7.04. The van der Waals surface area contributed by atoms with Gasteiger partial charge in [0.2, 0.25) is 0 Å². The molecule has 5 heterocycles. The topological polar surface area (TPSA) is 170 Å². The summed E-state index contributed by atoms with van der Waals surface area (Å²) in [6.45, 7) is 18.9. The molecule has 2 unspecified atom stereocenters. The van der Waals surface area contributed by atoms with Gasteiger partial charge in [0, 0.05) is 31.1 Å². The zero-order valence-corrected chi connectivity index (χ0v) is 38.2. The van der Waals surface area contributed by atoms with Crippen LogP contribution in [0, 0.1) is 23.7 Å². The third-order valence-electron chi connectivity index (χ3n) is 13.0. The lowest BCUT2D eigenvalue weighted by molar-refractivity contribution is -0.278. The van der Waals surface area contributed by atoms with Crippen LogP contribution in [0.5, 0.6) is 0 Å². The molecule has 3 aliphatic heterocycles. The number of likely N-dealkylation sites (N-methyl/N-ethyl adjacent to an activating group) is 1. The number of ketones is 1. The molecule has 336 valence electrons. The van der Waals surface area contributed by atoms with Gasteiger partial charge in [0.1, 0.15) is 28.8 Å². The van der Waals surface area contributed by atoms with Crippen LogP contribution in [0.2, 0.25) is 0 Å². The molecule has 2 N–H and O–H groups in total. The van der Waals surface area contributed by atoms with Crippen molar-refractivity contribution in [2.45, 2.75) is 148 Å². The van der Waals surface area contributed by atoms with E-state index in [9.17, 15) is 19.5 Å². The minimum absolute atomic E-state index is 0.0990. The van der Waals surface area contributed by atoms with Gasteiger partial charge in [-0.2, -0.15) is 0 Å². The lowest BCUT2D eigenvalue weighted by atomic mass is 9.79. The van der Waals surface area contributed by atoms with Crippen molar-refractivity contribution in [1.29, 1.82) is 0 Å². The number of carbonyl (C=O) groups excluding carboxylic acids is 3. The molecule has 3 aliphatic rings. The number of hydrogen-bond acceptors (Lipinski definition) is 14. The first-order valence-corrected chi connectivity index (χ1v) is 22.9. The number of thiazole rings is 1. The Bertz CT molecular complexity index is 1940. The van der Waals surface area contributed by atoms with Crippen LogP contribution in [0.4, 0.5) is 4.79 Å². The van der Waals surface area contributed by atoms with Crippen LogP contribution >= 0.6 is 11.3 Å². The fourth-order valence-corrected chi connectivity index (χ4v) is 10.6. The van der Waals surface area contributed by atoms with E-state index in [0.717, 1.165) is 27.3 Å². The molecule has 3 aromatic rings. The van der Waals surface area contributed by atoms with Crippen LogP contribution < -0.4 is 5.32 Å². The molecule has 0 spiro atoms. The molecule has 13 atom stereocenters. The number of aromatic nitrogens is 4. The number of benzene rings is 1. The summed E-state index contributed by atoms with van der Waals surface area (Å²) in [7, 11) is 3.84. The third-order valence-corrected chi connectivity index (χ3v) is 14.1. The number of hydrogen-bond donors (Lipinski definition) is 2. The maximum atomic E-state index is 14.4. The van der Waals surface area contributed by atoms with Crippen molar-refractivity contribution in [1.82, 2.24) is 35.1 Å². The van der Waals surface area contributed by atoms with Gasteiger partial charge in [-0.15, -0.1) is 23.0 Å². The van der Waals surface area contributed by atoms with Crippen LogP contribution in [0.15, 0.2) is 43.1 Å². The second-order valence-electron chi connectivity index (χ2n) is 18.0. The second kappa shape index (κ2) is 20.1. The first kappa shape index (κ1) is 46.7. The summed E-state index contributed by atoms with van der Waals surface area (Å²) < 4.78 is 28.3. The van der Waals surface area contributed by atoms with Crippen LogP contribution in [-0.4, -0.2) is 134 Å². The van der Waals surface area contributed by atoms with Gasteiger partial charge in [0.15, 0.2) is 17.7 Å². The van der Waals surface area contributed by atoms with Gasteiger partial charge in [-0.25, -0.2) is 9.78 Å². The summed E-state index contributed by atoms with van der Waals surface area (Å²) in [5.41, 5.74) is 0.439. The molecule has 1 aromatic carbocycles. The van der Waals surface area contributed by atoms with Crippen molar-refractivity contribution >= 4 is 39.4 Å². The minimum atomic E-state index is -1.21. The number of nitrogens with one attached hydrogen (secondary N) is 1. The number of carbonyl (C=O) groups is 3. The van der Waals surface area contributed by atoms with Gasteiger partial charge in [-0.1, -0.05) is 44.2 Å². The van der Waals surface area contributed by atoms with Gasteiger partial charge in [-0.05, 0) is 111 Å². The number of fused-ring (bicyclic) bond motifs is 2. The molecule has 0 saturated carbocycles. The molecule has 0 bridgehead atoms. The van der Waals surface area contributed by atoms with Crippen molar-refractivity contribution in [3.63, 3.8) is 0 Å². The van der Waals surface area contributed by atoms with Gasteiger partial charge in [0.25, 0.3) is 0 Å². The SMILES string of the molecule is C=CC[C@H]1C[C@@H](C)CN[C@H](C)[C@H]2N(CCCCn3cc(-c4nc5ccccc5s4)nn3)C(=O)O[C@]2(C)[C@@H](CC)OC(=O)[C@H](C)C(=O)[C@H](C)[C@H]1O[C@@H]1O[C@H](C)CC(N(C)C)C1O. The van der Waals surface area contributed by atoms with Crippen LogP contribution in [-0.2, 0) is 35.1 Å². The average molecular weight is 866 g/mol. The smallest absolute Gasteiger partial charge is 0.410 e. The number of para-hydroxylation sites is 1. The summed E-state index contributed by atoms with van der Waals surface area (Å²) in [6.07, 6.45) is 3.24. The molecule has 16 heteroatoms. The molecule has 1 amide bonds. The highest BCUT2D eigenvalue weighted by Crippen LogP contribution is 2.40. The summed E-state index contributed by atoms with van der Waals surface area (Å²) in [5.74, 6) is -2.99. The van der Waals surface area contributed by atoms with Crippen molar-refractivity contribution in [2.24, 2.45) is 23.7 Å². The van der Waals surface area contributed by atoms with E-state index < -0.39 is 60.1 Å². The minimum Gasteiger partial charge on any atom is -0.458 e. The van der Waals surface area contributed by atoms with E-state index in [1.807, 2.05) is 83.2 Å². The number of aliphatic hydroxyl groups excluding tert-OH is 1. The van der Waals surface area contributed by atoms with Gasteiger partial charge in [-0.3, -0.25) is 19.2 Å². The number of allylic oxidation sites excluding steroid dienone is 1. The Hall–Kier alpha value is -3.80. The van der Waals surface area contributed by atoms with Gasteiger partial charge >= 0.3 is 12.1 Å². The van der Waals surface area contributed by atoms with E-state index in [0.29, 0.717) is 51.7 Å². The van der Waals surface area contributed by atoms with E-state index >= 15 is 0 Å².